The van der Waals surface area contributed by atoms with Gasteiger partial charge < -0.3 is 18.4 Å². The molecule has 2 aromatic heterocycles. The highest BCUT2D eigenvalue weighted by Crippen LogP contribution is 2.25. The van der Waals surface area contributed by atoms with Crippen LogP contribution in [0.2, 0.25) is 0 Å². The van der Waals surface area contributed by atoms with E-state index in [-0.39, 0.29) is 12.2 Å². The summed E-state index contributed by atoms with van der Waals surface area (Å²) in [7, 11) is 0. The largest absolute Gasteiger partial charge is 0.446 e. The molecule has 0 saturated carbocycles. The van der Waals surface area contributed by atoms with Gasteiger partial charge in [-0.25, -0.2) is 0 Å². The molecule has 2 unspecified atom stereocenters. The Hall–Kier alpha value is -1.18. The fourth-order valence-electron chi connectivity index (χ4n) is 2.20. The van der Waals surface area contributed by atoms with E-state index < -0.39 is 0 Å². The molecule has 0 aliphatic carbocycles. The predicted molar refractivity (Wildman–Crippen MR) is 77.7 cm³/mol. The molecule has 0 aromatic carbocycles. The molecule has 114 valence electrons. The number of aromatic nitrogens is 2. The van der Waals surface area contributed by atoms with E-state index in [1.165, 1.54) is 6.42 Å². The fraction of sp³-hybridized carbons (Fsp3) is 0.571. The maximum atomic E-state index is 5.76. The lowest BCUT2D eigenvalue weighted by Gasteiger charge is -2.23. The molecule has 0 amide bonds. The number of hydrogen-bond acceptors (Lipinski definition) is 6. The molecule has 1 aliphatic rings. The first-order valence-electron chi connectivity index (χ1n) is 7.05. The molecule has 2 aromatic rings. The van der Waals surface area contributed by atoms with Crippen LogP contribution in [0.4, 0.5) is 0 Å². The van der Waals surface area contributed by atoms with Crippen LogP contribution in [-0.4, -0.2) is 29.5 Å². The molecule has 1 aliphatic heterocycles. The van der Waals surface area contributed by atoms with Gasteiger partial charge in [0.2, 0.25) is 5.82 Å². The second kappa shape index (κ2) is 6.72. The van der Waals surface area contributed by atoms with E-state index in [1.54, 1.807) is 12.1 Å². The molecule has 1 fully saturated rings. The molecule has 21 heavy (non-hydrogen) atoms. The minimum atomic E-state index is -0.268. The Labute approximate surface area is 130 Å². The third kappa shape index (κ3) is 3.72. The zero-order valence-electron chi connectivity index (χ0n) is 11.8. The summed E-state index contributed by atoms with van der Waals surface area (Å²) in [5, 5.41) is 3.90. The predicted octanol–water partition coefficient (Wildman–Crippen LogP) is 3.74. The van der Waals surface area contributed by atoms with Crippen molar-refractivity contribution in [2.24, 2.45) is 0 Å². The zero-order valence-corrected chi connectivity index (χ0v) is 13.3. The van der Waals surface area contributed by atoms with Gasteiger partial charge in [-0.15, -0.1) is 0 Å². The summed E-state index contributed by atoms with van der Waals surface area (Å²) in [4.78, 5) is 4.30. The Morgan fingerprint density at radius 1 is 1.43 bits per heavy atom. The first kappa shape index (κ1) is 14.7. The van der Waals surface area contributed by atoms with E-state index >= 15 is 0 Å². The van der Waals surface area contributed by atoms with Crippen molar-refractivity contribution in [1.82, 2.24) is 10.1 Å². The quantitative estimate of drug-likeness (QED) is 0.812. The Morgan fingerprint density at radius 3 is 3.05 bits per heavy atom. The van der Waals surface area contributed by atoms with Crippen LogP contribution < -0.4 is 0 Å². The Kier molecular flexibility index (Phi) is 4.72. The summed E-state index contributed by atoms with van der Waals surface area (Å²) in [5.74, 6) is 1.41. The lowest BCUT2D eigenvalue weighted by molar-refractivity contribution is -0.0656. The minimum Gasteiger partial charge on any atom is -0.446 e. The molecule has 2 atom stereocenters. The summed E-state index contributed by atoms with van der Waals surface area (Å²) < 4.78 is 22.6. The smallest absolute Gasteiger partial charge is 0.255 e. The van der Waals surface area contributed by atoms with Crippen LogP contribution in [0.15, 0.2) is 25.7 Å². The van der Waals surface area contributed by atoms with Gasteiger partial charge in [0.1, 0.15) is 6.10 Å². The second-order valence-corrected chi connectivity index (χ2v) is 5.81. The van der Waals surface area contributed by atoms with E-state index in [0.29, 0.717) is 28.8 Å². The van der Waals surface area contributed by atoms with Crippen molar-refractivity contribution in [3.8, 4) is 11.6 Å². The van der Waals surface area contributed by atoms with Crippen molar-refractivity contribution in [2.45, 2.75) is 38.4 Å². The van der Waals surface area contributed by atoms with Gasteiger partial charge in [0.25, 0.3) is 5.89 Å². The lowest BCUT2D eigenvalue weighted by atomic mass is 10.1. The molecular weight excluding hydrogens is 340 g/mol. The molecule has 1 saturated heterocycles. The Bertz CT molecular complexity index is 577. The number of rotatable bonds is 5. The number of furan rings is 1. The third-order valence-corrected chi connectivity index (χ3v) is 3.82. The van der Waals surface area contributed by atoms with Gasteiger partial charge in [-0.3, -0.25) is 0 Å². The first-order chi connectivity index (χ1) is 10.2. The maximum Gasteiger partial charge on any atom is 0.255 e. The highest BCUT2D eigenvalue weighted by Gasteiger charge is 2.20. The van der Waals surface area contributed by atoms with Gasteiger partial charge in [0.05, 0.1) is 12.7 Å². The van der Waals surface area contributed by atoms with Crippen molar-refractivity contribution >= 4 is 15.9 Å². The normalized spacial score (nSPS) is 20.6. The van der Waals surface area contributed by atoms with Crippen molar-refractivity contribution < 1.29 is 18.4 Å². The van der Waals surface area contributed by atoms with E-state index in [1.807, 2.05) is 6.92 Å². The van der Waals surface area contributed by atoms with E-state index in [2.05, 4.69) is 26.1 Å². The highest BCUT2D eigenvalue weighted by atomic mass is 79.9. The summed E-state index contributed by atoms with van der Waals surface area (Å²) in [6, 6.07) is 3.56. The number of halogens is 1. The van der Waals surface area contributed by atoms with Gasteiger partial charge in [-0.05, 0) is 54.2 Å². The molecule has 3 heterocycles. The topological polar surface area (TPSA) is 70.5 Å². The van der Waals surface area contributed by atoms with Gasteiger partial charge >= 0.3 is 0 Å². The molecule has 7 heteroatoms. The molecule has 6 nitrogen and oxygen atoms in total. The van der Waals surface area contributed by atoms with Gasteiger partial charge in [-0.2, -0.15) is 4.98 Å². The van der Waals surface area contributed by atoms with Gasteiger partial charge in [-0.1, -0.05) is 5.16 Å². The fourth-order valence-corrected chi connectivity index (χ4v) is 2.50. The molecular formula is C14H17BrN2O4. The number of hydrogen-bond donors (Lipinski definition) is 0. The van der Waals surface area contributed by atoms with Crippen LogP contribution in [0.25, 0.3) is 11.6 Å². The van der Waals surface area contributed by atoms with Crippen molar-refractivity contribution in [3.63, 3.8) is 0 Å². The first-order valence-corrected chi connectivity index (χ1v) is 7.84. The maximum absolute atomic E-state index is 5.76. The number of ether oxygens (including phenoxy) is 2. The third-order valence-electron chi connectivity index (χ3n) is 3.39. The SMILES string of the molecule is CC(OCC1CCCCO1)c1nc(-c2ccc(Br)o2)no1. The van der Waals surface area contributed by atoms with Crippen molar-refractivity contribution in [2.75, 3.05) is 13.2 Å². The van der Waals surface area contributed by atoms with Crippen molar-refractivity contribution in [3.05, 3.63) is 22.7 Å². The van der Waals surface area contributed by atoms with Gasteiger partial charge in [0, 0.05) is 6.61 Å². The number of nitrogens with zero attached hydrogens (tertiary/aromatic N) is 2. The van der Waals surface area contributed by atoms with Gasteiger partial charge in [0.15, 0.2) is 10.4 Å². The highest BCUT2D eigenvalue weighted by molar-refractivity contribution is 9.10. The monoisotopic (exact) mass is 356 g/mol. The standard InChI is InChI=1S/C14H17BrN2O4/c1-9(19-8-10-4-2-3-7-18-10)14-16-13(17-21-14)11-5-6-12(15)20-11/h5-6,9-10H,2-4,7-8H2,1H3. The van der Waals surface area contributed by atoms with Crippen LogP contribution >= 0.6 is 15.9 Å². The van der Waals surface area contributed by atoms with Crippen molar-refractivity contribution in [1.29, 1.82) is 0 Å². The van der Waals surface area contributed by atoms with E-state index in [0.717, 1.165) is 19.4 Å². The minimum absolute atomic E-state index is 0.171. The summed E-state index contributed by atoms with van der Waals surface area (Å²) >= 11 is 3.24. The molecule has 3 rings (SSSR count). The summed E-state index contributed by atoms with van der Waals surface area (Å²) in [6.07, 6.45) is 3.28. The van der Waals surface area contributed by atoms with Crippen LogP contribution in [0.3, 0.4) is 0 Å². The van der Waals surface area contributed by atoms with Crippen LogP contribution in [0, 0.1) is 0 Å². The molecule has 0 bridgehead atoms. The van der Waals surface area contributed by atoms with E-state index in [9.17, 15) is 0 Å². The van der Waals surface area contributed by atoms with Crippen LogP contribution in [-0.2, 0) is 9.47 Å². The molecule has 0 spiro atoms. The zero-order chi connectivity index (χ0) is 14.7. The Morgan fingerprint density at radius 2 is 2.33 bits per heavy atom. The second-order valence-electron chi connectivity index (χ2n) is 5.02. The average Bonchev–Trinajstić information content (AvgIpc) is 3.14. The molecule has 0 N–H and O–H groups in total. The van der Waals surface area contributed by atoms with Crippen LogP contribution in [0.5, 0.6) is 0 Å². The van der Waals surface area contributed by atoms with E-state index in [4.69, 9.17) is 18.4 Å². The molecule has 0 radical (unpaired) electrons. The summed E-state index contributed by atoms with van der Waals surface area (Å²) in [5.41, 5.74) is 0. The van der Waals surface area contributed by atoms with Crippen LogP contribution in [0.1, 0.15) is 38.2 Å². The Balaban J connectivity index is 1.57. The lowest BCUT2D eigenvalue weighted by Crippen LogP contribution is -2.25. The average molecular weight is 357 g/mol. The summed E-state index contributed by atoms with van der Waals surface area (Å²) in [6.45, 7) is 3.25.